The fraction of sp³-hybridized carbons (Fsp3) is 0.240. The number of benzene rings is 2. The highest BCUT2D eigenvalue weighted by atomic mass is 35.5. The van der Waals surface area contributed by atoms with Crippen LogP contribution in [0.5, 0.6) is 0 Å². The molecule has 3 heterocycles. The summed E-state index contributed by atoms with van der Waals surface area (Å²) < 4.78 is 0.617. The largest absolute Gasteiger partial charge is 0.352 e. The number of aromatic amines is 1. The molecule has 4 aromatic rings. The van der Waals surface area contributed by atoms with Crippen molar-refractivity contribution in [3.63, 3.8) is 0 Å². The first-order chi connectivity index (χ1) is 16.1. The second kappa shape index (κ2) is 9.37. The molecular formula is C25H23ClN4O2S. The fourth-order valence-corrected chi connectivity index (χ4v) is 5.24. The smallest absolute Gasteiger partial charge is 0.270 e. The summed E-state index contributed by atoms with van der Waals surface area (Å²) in [6.07, 6.45) is 1.67. The maximum absolute atomic E-state index is 12.8. The van der Waals surface area contributed by atoms with Gasteiger partial charge in [0.15, 0.2) is 0 Å². The molecule has 33 heavy (non-hydrogen) atoms. The quantitative estimate of drug-likeness (QED) is 0.430. The van der Waals surface area contributed by atoms with E-state index in [9.17, 15) is 9.59 Å². The van der Waals surface area contributed by atoms with Crippen molar-refractivity contribution in [3.05, 3.63) is 80.9 Å². The van der Waals surface area contributed by atoms with Gasteiger partial charge in [-0.05, 0) is 36.1 Å². The third-order valence-corrected chi connectivity index (χ3v) is 7.19. The summed E-state index contributed by atoms with van der Waals surface area (Å²) in [6.45, 7) is 1.73. The van der Waals surface area contributed by atoms with Crippen LogP contribution in [0.1, 0.15) is 18.4 Å². The van der Waals surface area contributed by atoms with Crippen LogP contribution < -0.4 is 15.8 Å². The number of nitrogens with zero attached hydrogens (tertiary/aromatic N) is 2. The van der Waals surface area contributed by atoms with Crippen molar-refractivity contribution < 1.29 is 4.79 Å². The molecule has 1 amide bonds. The van der Waals surface area contributed by atoms with Crippen LogP contribution in [-0.2, 0) is 11.3 Å². The van der Waals surface area contributed by atoms with Crippen molar-refractivity contribution in [3.8, 4) is 11.1 Å². The molecule has 2 N–H and O–H groups in total. The van der Waals surface area contributed by atoms with Gasteiger partial charge in [0.1, 0.15) is 4.70 Å². The van der Waals surface area contributed by atoms with Gasteiger partial charge in [0.05, 0.1) is 11.4 Å². The number of anilines is 1. The third kappa shape index (κ3) is 4.65. The molecule has 1 fully saturated rings. The highest BCUT2D eigenvalue weighted by Crippen LogP contribution is 2.32. The Balaban J connectivity index is 1.34. The number of H-pyrrole nitrogens is 1. The molecule has 0 bridgehead atoms. The summed E-state index contributed by atoms with van der Waals surface area (Å²) in [5, 5.41) is 5.68. The zero-order valence-electron chi connectivity index (χ0n) is 17.9. The normalized spacial score (nSPS) is 16.2. The monoisotopic (exact) mass is 478 g/mol. The molecule has 0 radical (unpaired) electrons. The molecule has 2 aromatic heterocycles. The molecule has 2 aromatic carbocycles. The van der Waals surface area contributed by atoms with Gasteiger partial charge < -0.3 is 10.2 Å². The highest BCUT2D eigenvalue weighted by Gasteiger charge is 2.27. The van der Waals surface area contributed by atoms with Crippen molar-refractivity contribution >= 4 is 45.0 Å². The maximum Gasteiger partial charge on any atom is 0.270 e. The average Bonchev–Trinajstić information content (AvgIpc) is 3.29. The Kier molecular flexibility index (Phi) is 6.15. The van der Waals surface area contributed by atoms with Crippen molar-refractivity contribution in [2.24, 2.45) is 5.92 Å². The molecule has 1 atom stereocenters. The molecule has 6 nitrogen and oxygen atoms in total. The molecule has 1 aliphatic rings. The molecule has 0 aliphatic carbocycles. The number of carbonyl (C=O) groups excluding carboxylic acids is 1. The Morgan fingerprint density at radius 1 is 1.18 bits per heavy atom. The van der Waals surface area contributed by atoms with Gasteiger partial charge in [0, 0.05) is 35.6 Å². The van der Waals surface area contributed by atoms with Crippen molar-refractivity contribution in [1.82, 2.24) is 15.3 Å². The van der Waals surface area contributed by atoms with E-state index in [4.69, 9.17) is 16.6 Å². The fourth-order valence-electron chi connectivity index (χ4n) is 4.21. The van der Waals surface area contributed by atoms with Crippen LogP contribution in [0.25, 0.3) is 21.3 Å². The summed E-state index contributed by atoms with van der Waals surface area (Å²) in [6, 6.07) is 17.4. The number of halogens is 1. The molecule has 1 saturated heterocycles. The molecule has 0 unspecified atom stereocenters. The average molecular weight is 479 g/mol. The number of amides is 1. The molecule has 0 saturated carbocycles. The number of nitrogens with one attached hydrogen (secondary N) is 2. The Labute approximate surface area is 200 Å². The van der Waals surface area contributed by atoms with E-state index in [1.165, 1.54) is 11.3 Å². The minimum atomic E-state index is -0.164. The van der Waals surface area contributed by atoms with Crippen LogP contribution in [0.3, 0.4) is 0 Å². The van der Waals surface area contributed by atoms with E-state index in [1.807, 2.05) is 64.9 Å². The maximum atomic E-state index is 12.8. The summed E-state index contributed by atoms with van der Waals surface area (Å²) in [4.78, 5) is 35.4. The molecule has 1 aliphatic heterocycles. The number of piperidine rings is 1. The van der Waals surface area contributed by atoms with E-state index in [0.29, 0.717) is 34.3 Å². The predicted octanol–water partition coefficient (Wildman–Crippen LogP) is 4.84. The van der Waals surface area contributed by atoms with Crippen LogP contribution in [0.15, 0.2) is 64.8 Å². The van der Waals surface area contributed by atoms with Gasteiger partial charge in [-0.2, -0.15) is 0 Å². The number of hydrogen-bond donors (Lipinski definition) is 2. The Morgan fingerprint density at radius 3 is 2.76 bits per heavy atom. The lowest BCUT2D eigenvalue weighted by atomic mass is 9.97. The number of hydrogen-bond acceptors (Lipinski definition) is 5. The first-order valence-electron chi connectivity index (χ1n) is 10.9. The number of fused-ring (bicyclic) bond motifs is 1. The van der Waals surface area contributed by atoms with Gasteiger partial charge >= 0.3 is 0 Å². The van der Waals surface area contributed by atoms with E-state index >= 15 is 0 Å². The summed E-state index contributed by atoms with van der Waals surface area (Å²) in [7, 11) is 0. The summed E-state index contributed by atoms with van der Waals surface area (Å²) >= 11 is 7.34. The predicted molar refractivity (Wildman–Crippen MR) is 134 cm³/mol. The van der Waals surface area contributed by atoms with Crippen LogP contribution in [0.2, 0.25) is 5.02 Å². The minimum absolute atomic E-state index is 0.0126. The Morgan fingerprint density at radius 2 is 1.97 bits per heavy atom. The van der Waals surface area contributed by atoms with E-state index in [1.54, 1.807) is 0 Å². The first kappa shape index (κ1) is 21.7. The molecule has 8 heteroatoms. The third-order valence-electron chi connectivity index (χ3n) is 5.97. The Hall–Kier alpha value is -3.16. The number of rotatable bonds is 5. The SMILES string of the molecule is O=C(NCc1ccc(Cl)cc1)[C@@H]1CCCN(c2nc3c(-c4ccccc4)csc3c(=O)[nH]2)C1. The lowest BCUT2D eigenvalue weighted by Crippen LogP contribution is -2.44. The second-order valence-corrected chi connectivity index (χ2v) is 9.53. The van der Waals surface area contributed by atoms with Gasteiger partial charge in [-0.15, -0.1) is 11.3 Å². The molecule has 0 spiro atoms. The number of aromatic nitrogens is 2. The van der Waals surface area contributed by atoms with Crippen molar-refractivity contribution in [2.75, 3.05) is 18.0 Å². The van der Waals surface area contributed by atoms with Gasteiger partial charge in [-0.1, -0.05) is 54.1 Å². The van der Waals surface area contributed by atoms with E-state index < -0.39 is 0 Å². The molecule has 168 valence electrons. The topological polar surface area (TPSA) is 78.1 Å². The van der Waals surface area contributed by atoms with Crippen LogP contribution >= 0.6 is 22.9 Å². The Bertz CT molecular complexity index is 1330. The summed E-state index contributed by atoms with van der Waals surface area (Å²) in [5.74, 6) is 0.375. The van der Waals surface area contributed by atoms with Crippen molar-refractivity contribution in [2.45, 2.75) is 19.4 Å². The molecule has 5 rings (SSSR count). The van der Waals surface area contributed by atoms with E-state index in [-0.39, 0.29) is 17.4 Å². The summed E-state index contributed by atoms with van der Waals surface area (Å²) in [5.41, 5.74) is 3.56. The second-order valence-electron chi connectivity index (χ2n) is 8.21. The zero-order chi connectivity index (χ0) is 22.8. The minimum Gasteiger partial charge on any atom is -0.352 e. The van der Waals surface area contributed by atoms with Gasteiger partial charge in [0.25, 0.3) is 5.56 Å². The van der Waals surface area contributed by atoms with Crippen molar-refractivity contribution in [1.29, 1.82) is 0 Å². The zero-order valence-corrected chi connectivity index (χ0v) is 19.5. The van der Waals surface area contributed by atoms with Gasteiger partial charge in [-0.3, -0.25) is 14.6 Å². The highest BCUT2D eigenvalue weighted by molar-refractivity contribution is 7.17. The lowest BCUT2D eigenvalue weighted by molar-refractivity contribution is -0.125. The lowest BCUT2D eigenvalue weighted by Gasteiger charge is -2.32. The number of thiophene rings is 1. The van der Waals surface area contributed by atoms with Gasteiger partial charge in [-0.25, -0.2) is 4.98 Å². The number of carbonyl (C=O) groups is 1. The first-order valence-corrected chi connectivity index (χ1v) is 12.2. The van der Waals surface area contributed by atoms with E-state index in [2.05, 4.69) is 10.3 Å². The molecular weight excluding hydrogens is 456 g/mol. The van der Waals surface area contributed by atoms with Crippen LogP contribution in [-0.4, -0.2) is 29.0 Å². The van der Waals surface area contributed by atoms with Crippen LogP contribution in [0.4, 0.5) is 5.95 Å². The van der Waals surface area contributed by atoms with Crippen LogP contribution in [0, 0.1) is 5.92 Å². The van der Waals surface area contributed by atoms with Gasteiger partial charge in [0.2, 0.25) is 11.9 Å². The standard InChI is InChI=1S/C25H23ClN4O2S/c26-19-10-8-16(9-11-19)13-27-23(31)18-7-4-12-30(14-18)25-28-21-20(17-5-2-1-3-6-17)15-33-22(21)24(32)29-25/h1-3,5-6,8-11,15,18H,4,7,12-14H2,(H,27,31)(H,28,29,32)/t18-/m1/s1. The van der Waals surface area contributed by atoms with E-state index in [0.717, 1.165) is 36.1 Å².